The molecule has 1 aromatic carbocycles. The lowest BCUT2D eigenvalue weighted by Crippen LogP contribution is -2.13. The van der Waals surface area contributed by atoms with Crippen LogP contribution in [-0.2, 0) is 17.9 Å². The summed E-state index contributed by atoms with van der Waals surface area (Å²) < 4.78 is 17.9. The maximum atomic E-state index is 5.64. The van der Waals surface area contributed by atoms with Crippen molar-refractivity contribution in [1.82, 2.24) is 9.55 Å². The molecule has 18 heavy (non-hydrogen) atoms. The predicted molar refractivity (Wildman–Crippen MR) is 65.6 cm³/mol. The van der Waals surface area contributed by atoms with Crippen molar-refractivity contribution in [2.75, 3.05) is 20.4 Å². The number of benzene rings is 1. The van der Waals surface area contributed by atoms with Gasteiger partial charge in [-0.05, 0) is 0 Å². The van der Waals surface area contributed by atoms with E-state index < -0.39 is 0 Å². The topological polar surface area (TPSA) is 71.5 Å². The molecule has 2 aromatic rings. The molecule has 6 nitrogen and oxygen atoms in total. The number of methoxy groups -OCH3 is 1. The van der Waals surface area contributed by atoms with Crippen LogP contribution >= 0.6 is 0 Å². The number of hydrogen-bond acceptors (Lipinski definition) is 5. The quantitative estimate of drug-likeness (QED) is 0.870. The van der Waals surface area contributed by atoms with Crippen LogP contribution in [0, 0.1) is 0 Å². The second-order valence-corrected chi connectivity index (χ2v) is 4.10. The van der Waals surface area contributed by atoms with Crippen LogP contribution in [0.4, 0.5) is 0 Å². The van der Waals surface area contributed by atoms with Crippen molar-refractivity contribution in [3.63, 3.8) is 0 Å². The van der Waals surface area contributed by atoms with Crippen molar-refractivity contribution in [1.29, 1.82) is 0 Å². The molecule has 0 unspecified atom stereocenters. The van der Waals surface area contributed by atoms with E-state index in [9.17, 15) is 0 Å². The Morgan fingerprint density at radius 1 is 1.39 bits per heavy atom. The van der Waals surface area contributed by atoms with Crippen LogP contribution in [0.5, 0.6) is 11.5 Å². The highest BCUT2D eigenvalue weighted by molar-refractivity contribution is 5.81. The monoisotopic (exact) mass is 249 g/mol. The van der Waals surface area contributed by atoms with Crippen molar-refractivity contribution >= 4 is 11.0 Å². The summed E-state index contributed by atoms with van der Waals surface area (Å²) in [6.45, 7) is 1.98. The zero-order valence-electron chi connectivity index (χ0n) is 10.2. The Bertz CT molecular complexity index is 579. The largest absolute Gasteiger partial charge is 0.454 e. The fourth-order valence-electron chi connectivity index (χ4n) is 2.18. The number of fused-ring (bicyclic) bond motifs is 2. The first-order valence-electron chi connectivity index (χ1n) is 5.81. The molecule has 0 atom stereocenters. The summed E-state index contributed by atoms with van der Waals surface area (Å²) in [7, 11) is 1.65. The van der Waals surface area contributed by atoms with E-state index in [2.05, 4.69) is 9.55 Å². The Morgan fingerprint density at radius 2 is 2.17 bits per heavy atom. The normalized spacial score (nSPS) is 13.4. The highest BCUT2D eigenvalue weighted by Crippen LogP contribution is 2.36. The smallest absolute Gasteiger partial charge is 0.231 e. The standard InChI is InChI=1S/C12H15N3O3/c1-16-6-12-14-8-4-10-11(18-7-17-10)5-9(8)15(12)3-2-13/h4-5H,2-3,6-7,13H2,1H3. The molecule has 0 fully saturated rings. The van der Waals surface area contributed by atoms with Crippen molar-refractivity contribution in [2.24, 2.45) is 5.73 Å². The lowest BCUT2D eigenvalue weighted by Gasteiger charge is -2.06. The van der Waals surface area contributed by atoms with Gasteiger partial charge in [-0.2, -0.15) is 0 Å². The second kappa shape index (κ2) is 4.47. The molecule has 0 saturated carbocycles. The minimum Gasteiger partial charge on any atom is -0.454 e. The molecule has 0 saturated heterocycles. The van der Waals surface area contributed by atoms with Crippen molar-refractivity contribution in [3.05, 3.63) is 18.0 Å². The van der Waals surface area contributed by atoms with Gasteiger partial charge in [0.25, 0.3) is 0 Å². The van der Waals surface area contributed by atoms with Gasteiger partial charge in [-0.15, -0.1) is 0 Å². The summed E-state index contributed by atoms with van der Waals surface area (Å²) in [4.78, 5) is 4.55. The van der Waals surface area contributed by atoms with E-state index in [4.69, 9.17) is 19.9 Å². The first-order chi connectivity index (χ1) is 8.83. The minimum absolute atomic E-state index is 0.268. The van der Waals surface area contributed by atoms with Crippen LogP contribution in [0.15, 0.2) is 12.1 Å². The number of hydrogen-bond donors (Lipinski definition) is 1. The van der Waals surface area contributed by atoms with E-state index in [1.54, 1.807) is 7.11 Å². The molecule has 1 aliphatic heterocycles. The molecule has 0 amide bonds. The Labute approximate surface area is 104 Å². The average Bonchev–Trinajstić information content (AvgIpc) is 2.93. The third-order valence-corrected chi connectivity index (χ3v) is 2.95. The highest BCUT2D eigenvalue weighted by atomic mass is 16.7. The highest BCUT2D eigenvalue weighted by Gasteiger charge is 2.18. The van der Waals surface area contributed by atoms with Gasteiger partial charge in [0, 0.05) is 32.3 Å². The molecule has 2 heterocycles. The Hall–Kier alpha value is -1.79. The van der Waals surface area contributed by atoms with Crippen LogP contribution in [0.3, 0.4) is 0 Å². The number of ether oxygens (including phenoxy) is 3. The van der Waals surface area contributed by atoms with E-state index in [1.165, 1.54) is 0 Å². The number of imidazole rings is 1. The summed E-state index contributed by atoms with van der Waals surface area (Å²) in [6.07, 6.45) is 0. The molecule has 0 radical (unpaired) electrons. The molecule has 2 N–H and O–H groups in total. The summed E-state index contributed by atoms with van der Waals surface area (Å²) in [5.74, 6) is 2.36. The molecule has 1 aromatic heterocycles. The zero-order chi connectivity index (χ0) is 12.5. The third-order valence-electron chi connectivity index (χ3n) is 2.95. The van der Waals surface area contributed by atoms with Gasteiger partial charge in [0.05, 0.1) is 11.0 Å². The first kappa shape index (κ1) is 11.3. The third kappa shape index (κ3) is 1.70. The van der Waals surface area contributed by atoms with Crippen LogP contribution in [-0.4, -0.2) is 30.0 Å². The molecule has 6 heteroatoms. The van der Waals surface area contributed by atoms with E-state index in [0.29, 0.717) is 19.7 Å². The first-order valence-corrected chi connectivity index (χ1v) is 5.81. The lowest BCUT2D eigenvalue weighted by molar-refractivity contribution is 0.173. The Kier molecular flexibility index (Phi) is 2.81. The van der Waals surface area contributed by atoms with Crippen molar-refractivity contribution in [3.8, 4) is 11.5 Å². The van der Waals surface area contributed by atoms with Crippen molar-refractivity contribution in [2.45, 2.75) is 13.2 Å². The molecular formula is C12H15N3O3. The summed E-state index contributed by atoms with van der Waals surface area (Å²) in [5.41, 5.74) is 7.51. The van der Waals surface area contributed by atoms with Crippen LogP contribution in [0.2, 0.25) is 0 Å². The van der Waals surface area contributed by atoms with E-state index in [1.807, 2.05) is 12.1 Å². The number of nitrogens with two attached hydrogens (primary N) is 1. The molecular weight excluding hydrogens is 234 g/mol. The summed E-state index contributed by atoms with van der Waals surface area (Å²) in [6, 6.07) is 3.84. The predicted octanol–water partition coefficient (Wildman–Crippen LogP) is 0.870. The van der Waals surface area contributed by atoms with Crippen LogP contribution in [0.1, 0.15) is 5.82 Å². The molecule has 0 bridgehead atoms. The molecule has 96 valence electrons. The van der Waals surface area contributed by atoms with Gasteiger partial charge < -0.3 is 24.5 Å². The van der Waals surface area contributed by atoms with Gasteiger partial charge >= 0.3 is 0 Å². The van der Waals surface area contributed by atoms with Gasteiger partial charge in [-0.3, -0.25) is 0 Å². The van der Waals surface area contributed by atoms with E-state index in [0.717, 1.165) is 28.4 Å². The van der Waals surface area contributed by atoms with Gasteiger partial charge in [-0.1, -0.05) is 0 Å². The minimum atomic E-state index is 0.268. The average molecular weight is 249 g/mol. The fraction of sp³-hybridized carbons (Fsp3) is 0.417. The maximum Gasteiger partial charge on any atom is 0.231 e. The van der Waals surface area contributed by atoms with E-state index >= 15 is 0 Å². The number of aromatic nitrogens is 2. The second-order valence-electron chi connectivity index (χ2n) is 4.10. The van der Waals surface area contributed by atoms with Crippen molar-refractivity contribution < 1.29 is 14.2 Å². The zero-order valence-corrected chi connectivity index (χ0v) is 10.2. The SMILES string of the molecule is COCc1nc2cc3c(cc2n1CCN)OCO3. The van der Waals surface area contributed by atoms with Gasteiger partial charge in [0.1, 0.15) is 12.4 Å². The number of nitrogens with zero attached hydrogens (tertiary/aromatic N) is 2. The Balaban J connectivity index is 2.16. The molecule has 3 rings (SSSR count). The molecule has 0 spiro atoms. The lowest BCUT2D eigenvalue weighted by atomic mass is 10.2. The fourth-order valence-corrected chi connectivity index (χ4v) is 2.18. The molecule has 1 aliphatic rings. The van der Waals surface area contributed by atoms with E-state index in [-0.39, 0.29) is 6.79 Å². The van der Waals surface area contributed by atoms with Gasteiger partial charge in [0.15, 0.2) is 11.5 Å². The molecule has 0 aliphatic carbocycles. The van der Waals surface area contributed by atoms with Gasteiger partial charge in [0.2, 0.25) is 6.79 Å². The summed E-state index contributed by atoms with van der Waals surface area (Å²) in [5, 5.41) is 0. The Morgan fingerprint density at radius 3 is 2.89 bits per heavy atom. The van der Waals surface area contributed by atoms with Gasteiger partial charge in [-0.25, -0.2) is 4.98 Å². The number of rotatable bonds is 4. The van der Waals surface area contributed by atoms with Crippen LogP contribution < -0.4 is 15.2 Å². The summed E-state index contributed by atoms with van der Waals surface area (Å²) >= 11 is 0. The maximum absolute atomic E-state index is 5.64. The van der Waals surface area contributed by atoms with Crippen LogP contribution in [0.25, 0.3) is 11.0 Å².